The van der Waals surface area contributed by atoms with E-state index in [1.807, 2.05) is 0 Å². The van der Waals surface area contributed by atoms with Crippen molar-refractivity contribution in [1.82, 2.24) is 9.29 Å². The van der Waals surface area contributed by atoms with Gasteiger partial charge in [-0.15, -0.1) is 0 Å². The number of aliphatic carboxylic acids is 1. The Kier molecular flexibility index (Phi) is 5.30. The molecule has 1 atom stereocenters. The highest BCUT2D eigenvalue weighted by Crippen LogP contribution is 2.21. The molecule has 0 aromatic carbocycles. The lowest BCUT2D eigenvalue weighted by Gasteiger charge is -2.26. The Morgan fingerprint density at radius 1 is 1.33 bits per heavy atom. The van der Waals surface area contributed by atoms with Gasteiger partial charge in [-0.2, -0.15) is 4.31 Å². The zero-order chi connectivity index (χ0) is 15.3. The fourth-order valence-electron chi connectivity index (χ4n) is 2.56. The quantitative estimate of drug-likeness (QED) is 0.885. The van der Waals surface area contributed by atoms with E-state index in [0.29, 0.717) is 31.5 Å². The van der Waals surface area contributed by atoms with Gasteiger partial charge in [-0.1, -0.05) is 18.9 Å². The van der Waals surface area contributed by atoms with Crippen LogP contribution in [0.2, 0.25) is 0 Å². The van der Waals surface area contributed by atoms with Crippen molar-refractivity contribution < 1.29 is 18.3 Å². The maximum atomic E-state index is 12.5. The molecule has 0 saturated carbocycles. The summed E-state index contributed by atoms with van der Waals surface area (Å²) in [6.07, 6.45) is 4.64. The second-order valence-corrected chi connectivity index (χ2v) is 7.24. The molecule has 1 N–H and O–H groups in total. The van der Waals surface area contributed by atoms with Crippen molar-refractivity contribution in [3.63, 3.8) is 0 Å². The molecule has 0 bridgehead atoms. The number of aryl methyl sites for hydroxylation is 1. The van der Waals surface area contributed by atoms with E-state index in [9.17, 15) is 18.3 Å². The van der Waals surface area contributed by atoms with Crippen LogP contribution >= 0.6 is 0 Å². The summed E-state index contributed by atoms with van der Waals surface area (Å²) in [5.74, 6) is -1.16. The van der Waals surface area contributed by atoms with Crippen LogP contribution in [-0.2, 0) is 21.2 Å². The van der Waals surface area contributed by atoms with E-state index in [1.165, 1.54) is 4.31 Å². The molecule has 1 unspecified atom stereocenters. The molecule has 0 aliphatic carbocycles. The number of hydrogen-bond acceptors (Lipinski definition) is 4. The van der Waals surface area contributed by atoms with Gasteiger partial charge in [-0.25, -0.2) is 8.42 Å². The molecular formula is C14H20N2O4S. The lowest BCUT2D eigenvalue weighted by Crippen LogP contribution is -2.45. The van der Waals surface area contributed by atoms with E-state index < -0.39 is 22.0 Å². The summed E-state index contributed by atoms with van der Waals surface area (Å²) >= 11 is 0. The smallest absolute Gasteiger partial charge is 0.322 e. The van der Waals surface area contributed by atoms with Gasteiger partial charge in [0.25, 0.3) is 0 Å². The van der Waals surface area contributed by atoms with Crippen LogP contribution in [0.3, 0.4) is 0 Å². The average molecular weight is 312 g/mol. The van der Waals surface area contributed by atoms with Crippen molar-refractivity contribution in [2.45, 2.75) is 38.1 Å². The van der Waals surface area contributed by atoms with Crippen molar-refractivity contribution in [2.75, 3.05) is 12.3 Å². The lowest BCUT2D eigenvalue weighted by molar-refractivity contribution is -0.141. The van der Waals surface area contributed by atoms with Gasteiger partial charge in [0.15, 0.2) is 0 Å². The van der Waals surface area contributed by atoms with Gasteiger partial charge in [0.05, 0.1) is 5.75 Å². The number of carboxylic acid groups (broad SMARTS) is 1. The molecule has 7 heteroatoms. The Labute approximate surface area is 124 Å². The average Bonchev–Trinajstić information content (AvgIpc) is 2.73. The third-order valence-corrected chi connectivity index (χ3v) is 5.56. The van der Waals surface area contributed by atoms with Crippen LogP contribution in [0, 0.1) is 0 Å². The summed E-state index contributed by atoms with van der Waals surface area (Å²) in [5, 5.41) is 9.26. The summed E-state index contributed by atoms with van der Waals surface area (Å²) in [7, 11) is -3.59. The predicted octanol–water partition coefficient (Wildman–Crippen LogP) is 1.28. The molecule has 1 aromatic heterocycles. The zero-order valence-electron chi connectivity index (χ0n) is 11.8. The Morgan fingerprint density at radius 2 is 2.14 bits per heavy atom. The van der Waals surface area contributed by atoms with Crippen LogP contribution < -0.4 is 0 Å². The molecule has 2 heterocycles. The van der Waals surface area contributed by atoms with Gasteiger partial charge in [-0.05, 0) is 25.0 Å². The topological polar surface area (TPSA) is 87.6 Å². The van der Waals surface area contributed by atoms with Gasteiger partial charge >= 0.3 is 5.97 Å². The van der Waals surface area contributed by atoms with E-state index in [-0.39, 0.29) is 5.75 Å². The summed E-state index contributed by atoms with van der Waals surface area (Å²) < 4.78 is 26.1. The van der Waals surface area contributed by atoms with Crippen molar-refractivity contribution in [3.8, 4) is 0 Å². The Morgan fingerprint density at radius 3 is 2.81 bits per heavy atom. The lowest BCUT2D eigenvalue weighted by atomic mass is 10.1. The first-order valence-corrected chi connectivity index (χ1v) is 8.74. The first kappa shape index (κ1) is 15.9. The molecule has 1 fully saturated rings. The molecule has 116 valence electrons. The maximum Gasteiger partial charge on any atom is 0.322 e. The van der Waals surface area contributed by atoms with Crippen molar-refractivity contribution in [1.29, 1.82) is 0 Å². The van der Waals surface area contributed by atoms with E-state index >= 15 is 0 Å². The standard InChI is InChI=1S/C14H20N2O4S/c17-14(18)13-7-2-1-5-10-16(13)21(19,20)11-8-12-6-3-4-9-15-12/h3-4,6,9,13H,1-2,5,7-8,10-11H2,(H,17,18). The van der Waals surface area contributed by atoms with Crippen LogP contribution in [0.25, 0.3) is 0 Å². The van der Waals surface area contributed by atoms with Crippen molar-refractivity contribution in [2.24, 2.45) is 0 Å². The molecule has 0 radical (unpaired) electrons. The number of rotatable bonds is 5. The molecule has 1 aromatic rings. The van der Waals surface area contributed by atoms with E-state index in [1.54, 1.807) is 24.4 Å². The molecular weight excluding hydrogens is 292 g/mol. The van der Waals surface area contributed by atoms with Gasteiger partial charge in [0, 0.05) is 24.9 Å². The van der Waals surface area contributed by atoms with Crippen molar-refractivity contribution in [3.05, 3.63) is 30.1 Å². The van der Waals surface area contributed by atoms with Crippen molar-refractivity contribution >= 4 is 16.0 Å². The molecule has 1 saturated heterocycles. The molecule has 0 spiro atoms. The zero-order valence-corrected chi connectivity index (χ0v) is 12.6. The minimum Gasteiger partial charge on any atom is -0.480 e. The van der Waals surface area contributed by atoms with Crippen LogP contribution in [0.1, 0.15) is 31.4 Å². The fraction of sp³-hybridized carbons (Fsp3) is 0.571. The minimum absolute atomic E-state index is 0.103. The summed E-state index contributed by atoms with van der Waals surface area (Å²) in [6.45, 7) is 0.293. The highest BCUT2D eigenvalue weighted by Gasteiger charge is 2.35. The van der Waals surface area contributed by atoms with Crippen LogP contribution in [0.4, 0.5) is 0 Å². The summed E-state index contributed by atoms with van der Waals surface area (Å²) in [5.41, 5.74) is 0.697. The molecule has 0 amide bonds. The number of carbonyl (C=O) groups is 1. The molecule has 6 nitrogen and oxygen atoms in total. The second-order valence-electron chi connectivity index (χ2n) is 5.20. The third kappa shape index (κ3) is 4.25. The second kappa shape index (κ2) is 7.00. The Hall–Kier alpha value is -1.47. The Bertz CT molecular complexity index is 574. The Balaban J connectivity index is 2.10. The number of aromatic nitrogens is 1. The van der Waals surface area contributed by atoms with Gasteiger partial charge in [0.1, 0.15) is 6.04 Å². The van der Waals surface area contributed by atoms with Crippen LogP contribution in [-0.4, -0.2) is 47.1 Å². The first-order chi connectivity index (χ1) is 10.0. The fourth-order valence-corrected chi connectivity index (χ4v) is 4.25. The molecule has 2 rings (SSSR count). The van der Waals surface area contributed by atoms with Gasteiger partial charge in [0.2, 0.25) is 10.0 Å². The molecule has 21 heavy (non-hydrogen) atoms. The number of carboxylic acids is 1. The summed E-state index contributed by atoms with van der Waals surface area (Å²) in [4.78, 5) is 15.4. The normalized spacial score (nSPS) is 20.9. The largest absolute Gasteiger partial charge is 0.480 e. The maximum absolute atomic E-state index is 12.5. The SMILES string of the molecule is O=C(O)C1CCCCCN1S(=O)(=O)CCc1ccccn1. The third-order valence-electron chi connectivity index (χ3n) is 3.69. The summed E-state index contributed by atoms with van der Waals surface area (Å²) in [6, 6.07) is 4.42. The minimum atomic E-state index is -3.59. The highest BCUT2D eigenvalue weighted by molar-refractivity contribution is 7.89. The number of sulfonamides is 1. The number of hydrogen-bond donors (Lipinski definition) is 1. The molecule has 1 aliphatic heterocycles. The van der Waals surface area contributed by atoms with Gasteiger partial charge < -0.3 is 5.11 Å². The monoisotopic (exact) mass is 312 g/mol. The number of nitrogens with zero attached hydrogens (tertiary/aromatic N) is 2. The van der Waals surface area contributed by atoms with E-state index in [4.69, 9.17) is 0 Å². The molecule has 1 aliphatic rings. The number of pyridine rings is 1. The predicted molar refractivity (Wildman–Crippen MR) is 78.3 cm³/mol. The van der Waals surface area contributed by atoms with Gasteiger partial charge in [-0.3, -0.25) is 9.78 Å². The van der Waals surface area contributed by atoms with Crippen LogP contribution in [0.5, 0.6) is 0 Å². The van der Waals surface area contributed by atoms with Crippen LogP contribution in [0.15, 0.2) is 24.4 Å². The first-order valence-electron chi connectivity index (χ1n) is 7.13. The van der Waals surface area contributed by atoms with E-state index in [2.05, 4.69) is 4.98 Å². The van der Waals surface area contributed by atoms with E-state index in [0.717, 1.165) is 12.8 Å². The highest BCUT2D eigenvalue weighted by atomic mass is 32.2.